The number of hydrogen-bond donors (Lipinski definition) is 2. The lowest BCUT2D eigenvalue weighted by atomic mass is 10.2. The van der Waals surface area contributed by atoms with E-state index in [1.54, 1.807) is 11.8 Å². The molecule has 0 amide bonds. The molecule has 0 radical (unpaired) electrons. The highest BCUT2D eigenvalue weighted by Gasteiger charge is 2.27. The van der Waals surface area contributed by atoms with E-state index >= 15 is 0 Å². The molecule has 1 aliphatic heterocycles. The number of aliphatic hydroxyl groups excluding tert-OH is 1. The number of thioether (sulfide) groups is 1. The lowest BCUT2D eigenvalue weighted by molar-refractivity contribution is 0.191. The maximum atomic E-state index is 9.48. The quantitative estimate of drug-likeness (QED) is 0.845. The van der Waals surface area contributed by atoms with E-state index in [1.165, 1.54) is 0 Å². The van der Waals surface area contributed by atoms with E-state index in [0.29, 0.717) is 35.5 Å². The summed E-state index contributed by atoms with van der Waals surface area (Å²) in [5.41, 5.74) is 0. The minimum absolute atomic E-state index is 0.0394. The topological polar surface area (TPSA) is 71.2 Å². The summed E-state index contributed by atoms with van der Waals surface area (Å²) in [5, 5.41) is 17.3. The first-order valence-electron chi connectivity index (χ1n) is 6.33. The second kappa shape index (κ2) is 6.13. The molecule has 2 aromatic rings. The minimum atomic E-state index is -0.337. The van der Waals surface area contributed by atoms with E-state index in [0.717, 1.165) is 4.90 Å². The molecule has 1 unspecified atom stereocenters. The first-order chi connectivity index (χ1) is 9.70. The summed E-state index contributed by atoms with van der Waals surface area (Å²) in [6.07, 6.45) is 0.277. The monoisotopic (exact) mass is 311 g/mol. The highest BCUT2D eigenvalue weighted by Crippen LogP contribution is 2.26. The van der Waals surface area contributed by atoms with Crippen molar-refractivity contribution in [2.45, 2.75) is 29.2 Å². The number of hydrogen-bond acceptors (Lipinski definition) is 6. The summed E-state index contributed by atoms with van der Waals surface area (Å²) >= 11 is 7.54. The van der Waals surface area contributed by atoms with Gasteiger partial charge >= 0.3 is 0 Å². The molecule has 2 heterocycles. The van der Waals surface area contributed by atoms with Crippen LogP contribution in [0.2, 0.25) is 5.02 Å². The van der Waals surface area contributed by atoms with Gasteiger partial charge in [0, 0.05) is 16.5 Å². The molecule has 7 heteroatoms. The number of rotatable bonds is 4. The van der Waals surface area contributed by atoms with Crippen molar-refractivity contribution in [1.29, 1.82) is 0 Å². The number of nitrogens with zero attached hydrogens (tertiary/aromatic N) is 2. The fourth-order valence-corrected chi connectivity index (χ4v) is 3.13. The van der Waals surface area contributed by atoms with Crippen molar-refractivity contribution in [1.82, 2.24) is 15.5 Å². The van der Waals surface area contributed by atoms with Crippen LogP contribution in [0.5, 0.6) is 0 Å². The zero-order valence-corrected chi connectivity index (χ0v) is 12.2. The van der Waals surface area contributed by atoms with Gasteiger partial charge in [0.1, 0.15) is 0 Å². The zero-order chi connectivity index (χ0) is 13.9. The maximum Gasteiger partial charge on any atom is 0.243 e. The molecule has 0 saturated carbocycles. The highest BCUT2D eigenvalue weighted by molar-refractivity contribution is 7.98. The van der Waals surface area contributed by atoms with Crippen molar-refractivity contribution < 1.29 is 9.63 Å². The summed E-state index contributed by atoms with van der Waals surface area (Å²) in [5.74, 6) is 1.82. The van der Waals surface area contributed by atoms with Crippen molar-refractivity contribution >= 4 is 23.4 Å². The average molecular weight is 312 g/mol. The van der Waals surface area contributed by atoms with E-state index in [4.69, 9.17) is 16.1 Å². The van der Waals surface area contributed by atoms with Gasteiger partial charge in [-0.3, -0.25) is 0 Å². The molecule has 1 aliphatic rings. The molecular weight excluding hydrogens is 298 g/mol. The molecule has 106 valence electrons. The molecule has 20 heavy (non-hydrogen) atoms. The van der Waals surface area contributed by atoms with Crippen LogP contribution in [0.25, 0.3) is 0 Å². The van der Waals surface area contributed by atoms with E-state index in [1.807, 2.05) is 24.3 Å². The zero-order valence-electron chi connectivity index (χ0n) is 10.6. The second-order valence-electron chi connectivity index (χ2n) is 4.65. The van der Waals surface area contributed by atoms with Gasteiger partial charge in [-0.1, -0.05) is 22.8 Å². The predicted molar refractivity (Wildman–Crippen MR) is 76.7 cm³/mol. The van der Waals surface area contributed by atoms with Crippen LogP contribution in [0.3, 0.4) is 0 Å². The van der Waals surface area contributed by atoms with Crippen LogP contribution in [0.4, 0.5) is 0 Å². The molecule has 0 aliphatic carbocycles. The van der Waals surface area contributed by atoms with Gasteiger partial charge in [0.2, 0.25) is 5.89 Å². The molecule has 1 fully saturated rings. The Labute approximate surface area is 125 Å². The molecular formula is C13H14ClN3O2S. The van der Waals surface area contributed by atoms with E-state index in [2.05, 4.69) is 15.5 Å². The SMILES string of the molecule is OC1CN[C@H](c2nc(CSc3cccc(Cl)c3)no2)C1. The fraction of sp³-hybridized carbons (Fsp3) is 0.385. The standard InChI is InChI=1S/C13H14ClN3O2S/c14-8-2-1-3-10(4-8)20-7-12-16-13(19-17-12)11-5-9(18)6-15-11/h1-4,9,11,15,18H,5-7H2/t9?,11-/m0/s1. The number of aliphatic hydroxyl groups is 1. The molecule has 3 rings (SSSR count). The van der Waals surface area contributed by atoms with Crippen molar-refractivity contribution in [3.8, 4) is 0 Å². The van der Waals surface area contributed by atoms with Crippen molar-refractivity contribution in [2.24, 2.45) is 0 Å². The lowest BCUT2D eigenvalue weighted by Crippen LogP contribution is -2.15. The molecule has 0 spiro atoms. The van der Waals surface area contributed by atoms with Crippen LogP contribution < -0.4 is 5.32 Å². The van der Waals surface area contributed by atoms with Gasteiger partial charge in [-0.15, -0.1) is 11.8 Å². The van der Waals surface area contributed by atoms with Crippen LogP contribution in [-0.4, -0.2) is 27.9 Å². The molecule has 5 nitrogen and oxygen atoms in total. The molecule has 1 aromatic heterocycles. The van der Waals surface area contributed by atoms with E-state index < -0.39 is 0 Å². The van der Waals surface area contributed by atoms with Gasteiger partial charge in [-0.05, 0) is 24.6 Å². The average Bonchev–Trinajstić information content (AvgIpc) is 3.05. The van der Waals surface area contributed by atoms with Crippen LogP contribution in [0.1, 0.15) is 24.2 Å². The Hall–Kier alpha value is -1.08. The third kappa shape index (κ3) is 3.32. The Morgan fingerprint density at radius 1 is 1.50 bits per heavy atom. The molecule has 2 atom stereocenters. The molecule has 1 aromatic carbocycles. The van der Waals surface area contributed by atoms with Gasteiger partial charge in [-0.2, -0.15) is 4.98 Å². The largest absolute Gasteiger partial charge is 0.392 e. The van der Waals surface area contributed by atoms with Gasteiger partial charge < -0.3 is 14.9 Å². The fourth-order valence-electron chi connectivity index (χ4n) is 2.08. The summed E-state index contributed by atoms with van der Waals surface area (Å²) in [7, 11) is 0. The summed E-state index contributed by atoms with van der Waals surface area (Å²) in [6.45, 7) is 0.569. The number of aromatic nitrogens is 2. The Kier molecular flexibility index (Phi) is 4.26. The number of benzene rings is 1. The summed E-state index contributed by atoms with van der Waals surface area (Å²) in [6, 6.07) is 7.61. The van der Waals surface area contributed by atoms with Gasteiger partial charge in [-0.25, -0.2) is 0 Å². The molecule has 1 saturated heterocycles. The smallest absolute Gasteiger partial charge is 0.243 e. The number of halogens is 1. The number of β-amino-alcohol motifs (C(OH)–C–C–N with tert-alkyl or cyclic N) is 1. The summed E-state index contributed by atoms with van der Waals surface area (Å²) in [4.78, 5) is 5.43. The van der Waals surface area contributed by atoms with Crippen LogP contribution >= 0.6 is 23.4 Å². The third-order valence-corrected chi connectivity index (χ3v) is 4.28. The Morgan fingerprint density at radius 2 is 2.40 bits per heavy atom. The van der Waals surface area contributed by atoms with Crippen LogP contribution in [0.15, 0.2) is 33.7 Å². The van der Waals surface area contributed by atoms with Crippen molar-refractivity contribution in [3.05, 3.63) is 41.0 Å². The van der Waals surface area contributed by atoms with Gasteiger partial charge in [0.05, 0.1) is 17.9 Å². The molecule has 0 bridgehead atoms. The first kappa shape index (κ1) is 13.9. The Balaban J connectivity index is 1.60. The third-order valence-electron chi connectivity index (χ3n) is 3.05. The normalized spacial score (nSPS) is 22.3. The maximum absolute atomic E-state index is 9.48. The van der Waals surface area contributed by atoms with E-state index in [9.17, 15) is 5.11 Å². The molecule has 2 N–H and O–H groups in total. The number of nitrogens with one attached hydrogen (secondary N) is 1. The van der Waals surface area contributed by atoms with Gasteiger partial charge in [0.25, 0.3) is 0 Å². The predicted octanol–water partition coefficient (Wildman–Crippen LogP) is 2.41. The second-order valence-corrected chi connectivity index (χ2v) is 6.13. The van der Waals surface area contributed by atoms with E-state index in [-0.39, 0.29) is 12.1 Å². The van der Waals surface area contributed by atoms with Gasteiger partial charge in [0.15, 0.2) is 5.82 Å². The minimum Gasteiger partial charge on any atom is -0.392 e. The first-order valence-corrected chi connectivity index (χ1v) is 7.69. The van der Waals surface area contributed by atoms with Crippen molar-refractivity contribution in [3.63, 3.8) is 0 Å². The van der Waals surface area contributed by atoms with Crippen LogP contribution in [0, 0.1) is 0 Å². The Morgan fingerprint density at radius 3 is 3.15 bits per heavy atom. The Bertz CT molecular complexity index is 593. The van der Waals surface area contributed by atoms with Crippen LogP contribution in [-0.2, 0) is 5.75 Å². The summed E-state index contributed by atoms with van der Waals surface area (Å²) < 4.78 is 5.23. The van der Waals surface area contributed by atoms with Crippen molar-refractivity contribution in [2.75, 3.05) is 6.54 Å². The highest BCUT2D eigenvalue weighted by atomic mass is 35.5. The lowest BCUT2D eigenvalue weighted by Gasteiger charge is -2.01.